The fourth-order valence-corrected chi connectivity index (χ4v) is 7.09. The molecule has 0 aliphatic heterocycles. The van der Waals surface area contributed by atoms with E-state index in [0.717, 1.165) is 75.3 Å². The van der Waals surface area contributed by atoms with Gasteiger partial charge in [-0.2, -0.15) is 0 Å². The minimum atomic E-state index is -0.841. The third-order valence-corrected chi connectivity index (χ3v) is 9.63. The van der Waals surface area contributed by atoms with Crippen LogP contribution in [-0.2, 0) is 18.5 Å². The highest BCUT2D eigenvalue weighted by molar-refractivity contribution is 5.80. The zero-order chi connectivity index (χ0) is 34.6. The third-order valence-electron chi connectivity index (χ3n) is 9.63. The number of benzene rings is 5. The molecule has 0 bridgehead atoms. The lowest BCUT2D eigenvalue weighted by atomic mass is 9.77. The first kappa shape index (κ1) is 32.0. The number of pyridine rings is 1. The summed E-state index contributed by atoms with van der Waals surface area (Å²) in [6.45, 7) is 4.96. The SMILES string of the molecule is CCCCc1nc2ccc(C)nc2n1Cc1ccc(-c2ccccc2-c2nnn(C(c3ccccc3)(c3ccccc3)c3ccccc3)n2)cc1. The predicted octanol–water partition coefficient (Wildman–Crippen LogP) is 9.29. The molecule has 8 rings (SSSR count). The number of rotatable bonds is 11. The van der Waals surface area contributed by atoms with Crippen LogP contribution in [0.25, 0.3) is 33.7 Å². The van der Waals surface area contributed by atoms with Crippen LogP contribution >= 0.6 is 0 Å². The second-order valence-electron chi connectivity index (χ2n) is 13.0. The normalized spacial score (nSPS) is 11.6. The molecule has 0 saturated carbocycles. The molecule has 0 unspecified atom stereocenters. The molecule has 0 N–H and O–H groups in total. The Labute approximate surface area is 298 Å². The summed E-state index contributed by atoms with van der Waals surface area (Å²) in [4.78, 5) is 11.6. The molecule has 0 atom stereocenters. The van der Waals surface area contributed by atoms with E-state index in [-0.39, 0.29) is 0 Å². The van der Waals surface area contributed by atoms with E-state index in [0.29, 0.717) is 12.4 Å². The largest absolute Gasteiger partial charge is 0.308 e. The summed E-state index contributed by atoms with van der Waals surface area (Å²) in [5.74, 6) is 1.65. The molecule has 51 heavy (non-hydrogen) atoms. The van der Waals surface area contributed by atoms with Crippen LogP contribution in [0.3, 0.4) is 0 Å². The lowest BCUT2D eigenvalue weighted by molar-refractivity contribution is 0.396. The fourth-order valence-electron chi connectivity index (χ4n) is 7.09. The molecular weight excluding hydrogens is 627 g/mol. The summed E-state index contributed by atoms with van der Waals surface area (Å²) >= 11 is 0. The van der Waals surface area contributed by atoms with Crippen molar-refractivity contribution in [3.05, 3.63) is 185 Å². The van der Waals surface area contributed by atoms with Gasteiger partial charge < -0.3 is 4.57 Å². The molecule has 0 spiro atoms. The van der Waals surface area contributed by atoms with Crippen LogP contribution in [0.1, 0.15) is 53.5 Å². The number of tetrazole rings is 1. The van der Waals surface area contributed by atoms with Gasteiger partial charge in [-0.15, -0.1) is 15.0 Å². The summed E-state index contributed by atoms with van der Waals surface area (Å²) in [5, 5.41) is 14.7. The molecule has 0 aliphatic rings. The van der Waals surface area contributed by atoms with E-state index in [1.165, 1.54) is 5.56 Å². The van der Waals surface area contributed by atoms with Gasteiger partial charge in [-0.25, -0.2) is 9.97 Å². The molecule has 7 nitrogen and oxygen atoms in total. The number of imidazole rings is 1. The first-order chi connectivity index (χ1) is 25.1. The molecular formula is C44H39N7. The Morgan fingerprint density at radius 2 is 1.20 bits per heavy atom. The number of nitrogens with zero attached hydrogens (tertiary/aromatic N) is 7. The van der Waals surface area contributed by atoms with E-state index < -0.39 is 5.54 Å². The third kappa shape index (κ3) is 6.01. The van der Waals surface area contributed by atoms with Gasteiger partial charge in [0.1, 0.15) is 11.3 Å². The maximum Gasteiger partial charge on any atom is 0.205 e. The molecule has 3 aromatic heterocycles. The Bertz CT molecular complexity index is 2280. The van der Waals surface area contributed by atoms with Crippen molar-refractivity contribution in [2.24, 2.45) is 0 Å². The summed E-state index contributed by atoms with van der Waals surface area (Å²) in [7, 11) is 0. The van der Waals surface area contributed by atoms with E-state index in [1.807, 2.05) is 37.3 Å². The van der Waals surface area contributed by atoms with Gasteiger partial charge >= 0.3 is 0 Å². The average molecular weight is 666 g/mol. The van der Waals surface area contributed by atoms with Crippen molar-refractivity contribution in [1.29, 1.82) is 0 Å². The van der Waals surface area contributed by atoms with Gasteiger partial charge in [0.25, 0.3) is 0 Å². The Morgan fingerprint density at radius 3 is 1.80 bits per heavy atom. The number of aromatic nitrogens is 7. The zero-order valence-electron chi connectivity index (χ0n) is 28.9. The van der Waals surface area contributed by atoms with Crippen LogP contribution < -0.4 is 0 Å². The summed E-state index contributed by atoms with van der Waals surface area (Å²) in [5.41, 5.74) is 9.43. The number of aryl methyl sites for hydroxylation is 2. The zero-order valence-corrected chi connectivity index (χ0v) is 28.9. The van der Waals surface area contributed by atoms with Crippen LogP contribution in [0.2, 0.25) is 0 Å². The molecule has 8 aromatic rings. The topological polar surface area (TPSA) is 74.3 Å². The van der Waals surface area contributed by atoms with Gasteiger partial charge in [0.15, 0.2) is 11.2 Å². The molecule has 0 amide bonds. The van der Waals surface area contributed by atoms with Gasteiger partial charge in [-0.05, 0) is 64.1 Å². The Balaban J connectivity index is 1.18. The number of hydrogen-bond donors (Lipinski definition) is 0. The van der Waals surface area contributed by atoms with E-state index >= 15 is 0 Å². The van der Waals surface area contributed by atoms with Gasteiger partial charge in [0.05, 0.1) is 6.54 Å². The van der Waals surface area contributed by atoms with Gasteiger partial charge in [-0.1, -0.05) is 153 Å². The standard InChI is InChI=1S/C44H39N7/c1-3-4-24-41-46-40-30-25-32(2)45-43(40)50(41)31-33-26-28-34(29-27-33)38-22-14-15-23-39(38)42-47-49-51(48-42)44(35-16-8-5-9-17-35,36-18-10-6-11-19-36)37-20-12-7-13-21-37/h5-23,25-30H,3-4,24,31H2,1-2H3. The lowest BCUT2D eigenvalue weighted by Gasteiger charge is -2.34. The smallest absolute Gasteiger partial charge is 0.205 e. The molecule has 0 aliphatic carbocycles. The number of fused-ring (bicyclic) bond motifs is 1. The predicted molar refractivity (Wildman–Crippen MR) is 203 cm³/mol. The van der Waals surface area contributed by atoms with Gasteiger partial charge in [0, 0.05) is 17.7 Å². The minimum absolute atomic E-state index is 0.564. The van der Waals surface area contributed by atoms with E-state index in [2.05, 4.69) is 133 Å². The lowest BCUT2D eigenvalue weighted by Crippen LogP contribution is -2.39. The Hall–Kier alpha value is -6.21. The van der Waals surface area contributed by atoms with Crippen molar-refractivity contribution in [3.8, 4) is 22.5 Å². The van der Waals surface area contributed by atoms with Gasteiger partial charge in [0.2, 0.25) is 5.82 Å². The summed E-state index contributed by atoms with van der Waals surface area (Å²) in [6.07, 6.45) is 3.16. The highest BCUT2D eigenvalue weighted by Crippen LogP contribution is 2.40. The maximum atomic E-state index is 5.18. The van der Waals surface area contributed by atoms with Crippen LogP contribution in [0, 0.1) is 6.92 Å². The summed E-state index contributed by atoms with van der Waals surface area (Å²) in [6, 6.07) is 52.5. The van der Waals surface area contributed by atoms with Crippen molar-refractivity contribution in [3.63, 3.8) is 0 Å². The average Bonchev–Trinajstić information content (AvgIpc) is 3.81. The van der Waals surface area contributed by atoms with Gasteiger partial charge in [-0.3, -0.25) is 0 Å². The number of hydrogen-bond acceptors (Lipinski definition) is 5. The van der Waals surface area contributed by atoms with Crippen LogP contribution in [0.15, 0.2) is 152 Å². The minimum Gasteiger partial charge on any atom is -0.308 e. The highest BCUT2D eigenvalue weighted by atomic mass is 15.6. The molecule has 0 fully saturated rings. The second-order valence-corrected chi connectivity index (χ2v) is 13.0. The van der Waals surface area contributed by atoms with Crippen molar-refractivity contribution < 1.29 is 0 Å². The van der Waals surface area contributed by atoms with Crippen LogP contribution in [-0.4, -0.2) is 34.7 Å². The van der Waals surface area contributed by atoms with Crippen molar-refractivity contribution in [1.82, 2.24) is 34.7 Å². The first-order valence-corrected chi connectivity index (χ1v) is 17.6. The van der Waals surface area contributed by atoms with Crippen molar-refractivity contribution >= 4 is 11.2 Å². The monoisotopic (exact) mass is 665 g/mol. The molecule has 3 heterocycles. The first-order valence-electron chi connectivity index (χ1n) is 17.6. The van der Waals surface area contributed by atoms with Crippen LogP contribution in [0.4, 0.5) is 0 Å². The molecule has 0 radical (unpaired) electrons. The second kappa shape index (κ2) is 14.0. The van der Waals surface area contributed by atoms with Crippen molar-refractivity contribution in [2.45, 2.75) is 45.2 Å². The maximum absolute atomic E-state index is 5.18. The fraction of sp³-hybridized carbons (Fsp3) is 0.159. The molecule has 250 valence electrons. The van der Waals surface area contributed by atoms with Crippen LogP contribution in [0.5, 0.6) is 0 Å². The molecule has 0 saturated heterocycles. The van der Waals surface area contributed by atoms with Crippen molar-refractivity contribution in [2.75, 3.05) is 0 Å². The van der Waals surface area contributed by atoms with E-state index in [9.17, 15) is 0 Å². The molecule has 5 aromatic carbocycles. The van der Waals surface area contributed by atoms with E-state index in [1.54, 1.807) is 4.80 Å². The molecule has 7 heteroatoms. The summed E-state index contributed by atoms with van der Waals surface area (Å²) < 4.78 is 2.28. The van der Waals surface area contributed by atoms with E-state index in [4.69, 9.17) is 25.4 Å². The highest BCUT2D eigenvalue weighted by Gasteiger charge is 2.41. The Morgan fingerprint density at radius 1 is 0.608 bits per heavy atom. The number of unbranched alkanes of at least 4 members (excludes halogenated alkanes) is 1. The quantitative estimate of drug-likeness (QED) is 0.129. The Kier molecular flexibility index (Phi) is 8.76.